The van der Waals surface area contributed by atoms with Crippen molar-refractivity contribution in [2.75, 3.05) is 13.6 Å². The molecule has 1 heterocycles. The van der Waals surface area contributed by atoms with Crippen molar-refractivity contribution in [1.82, 2.24) is 5.32 Å². The third kappa shape index (κ3) is 1.93. The van der Waals surface area contributed by atoms with Gasteiger partial charge in [0, 0.05) is 6.54 Å². The molecule has 0 aromatic rings. The summed E-state index contributed by atoms with van der Waals surface area (Å²) in [7, 11) is 1.87. The first-order valence-corrected chi connectivity index (χ1v) is 4.13. The molecule has 1 N–H and O–H groups in total. The van der Waals surface area contributed by atoms with E-state index in [9.17, 15) is 4.79 Å². The Kier molecular flexibility index (Phi) is 2.88. The number of likely N-dealkylation sites (N-methyl/N-ethyl adjacent to an activating group) is 1. The smallest absolute Gasteiger partial charge is 0.309 e. The molecule has 0 aromatic heterocycles. The third-order valence-corrected chi connectivity index (χ3v) is 2.09. The maximum absolute atomic E-state index is 11.0. The van der Waals surface area contributed by atoms with Crippen molar-refractivity contribution in [3.8, 4) is 0 Å². The van der Waals surface area contributed by atoms with E-state index in [-0.39, 0.29) is 18.0 Å². The van der Waals surface area contributed by atoms with Crippen molar-refractivity contribution < 1.29 is 9.53 Å². The highest BCUT2D eigenvalue weighted by atomic mass is 16.6. The zero-order chi connectivity index (χ0) is 8.27. The molecule has 1 saturated heterocycles. The van der Waals surface area contributed by atoms with Gasteiger partial charge in [-0.25, -0.2) is 0 Å². The number of nitrogens with one attached hydrogen (secondary N) is 1. The Labute approximate surface area is 67.1 Å². The van der Waals surface area contributed by atoms with Gasteiger partial charge in [0.25, 0.3) is 0 Å². The van der Waals surface area contributed by atoms with E-state index in [0.717, 1.165) is 19.4 Å². The highest BCUT2D eigenvalue weighted by molar-refractivity contribution is 5.74. The Morgan fingerprint density at radius 2 is 2.45 bits per heavy atom. The molecule has 64 valence electrons. The van der Waals surface area contributed by atoms with E-state index < -0.39 is 0 Å². The predicted molar refractivity (Wildman–Crippen MR) is 42.2 cm³/mol. The van der Waals surface area contributed by atoms with Crippen LogP contribution < -0.4 is 5.32 Å². The predicted octanol–water partition coefficient (Wildman–Crippen LogP) is 0.547. The Bertz CT molecular complexity index is 147. The fourth-order valence-corrected chi connectivity index (χ4v) is 1.41. The molecule has 11 heavy (non-hydrogen) atoms. The van der Waals surface area contributed by atoms with Gasteiger partial charge in [-0.1, -0.05) is 6.92 Å². The summed E-state index contributed by atoms with van der Waals surface area (Å²) in [6, 6.07) is 0. The van der Waals surface area contributed by atoms with Crippen molar-refractivity contribution in [2.24, 2.45) is 5.92 Å². The number of carbonyl (C=O) groups is 1. The molecule has 0 radical (unpaired) electrons. The van der Waals surface area contributed by atoms with Crippen LogP contribution in [-0.2, 0) is 9.53 Å². The van der Waals surface area contributed by atoms with Crippen LogP contribution in [-0.4, -0.2) is 25.7 Å². The summed E-state index contributed by atoms with van der Waals surface area (Å²) in [6.45, 7) is 2.80. The van der Waals surface area contributed by atoms with E-state index in [1.807, 2.05) is 14.0 Å². The molecule has 0 spiro atoms. The second-order valence-corrected chi connectivity index (χ2v) is 2.96. The topological polar surface area (TPSA) is 38.3 Å². The van der Waals surface area contributed by atoms with Gasteiger partial charge in [0.2, 0.25) is 0 Å². The first kappa shape index (κ1) is 8.53. The minimum atomic E-state index is -0.0206. The highest BCUT2D eigenvalue weighted by Gasteiger charge is 2.32. The van der Waals surface area contributed by atoms with Crippen LogP contribution in [0, 0.1) is 5.92 Å². The summed E-state index contributed by atoms with van der Waals surface area (Å²) in [5.41, 5.74) is 0. The average Bonchev–Trinajstić information content (AvgIpc) is 2.32. The monoisotopic (exact) mass is 157 g/mol. The van der Waals surface area contributed by atoms with E-state index in [2.05, 4.69) is 5.32 Å². The first-order valence-electron chi connectivity index (χ1n) is 4.13. The van der Waals surface area contributed by atoms with Crippen LogP contribution >= 0.6 is 0 Å². The number of rotatable bonds is 3. The maximum Gasteiger partial charge on any atom is 0.309 e. The van der Waals surface area contributed by atoms with Crippen LogP contribution in [0.15, 0.2) is 0 Å². The zero-order valence-electron chi connectivity index (χ0n) is 7.09. The summed E-state index contributed by atoms with van der Waals surface area (Å²) in [5, 5.41) is 3.00. The minimum absolute atomic E-state index is 0.0206. The second-order valence-electron chi connectivity index (χ2n) is 2.96. The Balaban J connectivity index is 2.36. The fourth-order valence-electron chi connectivity index (χ4n) is 1.41. The van der Waals surface area contributed by atoms with E-state index in [1.54, 1.807) is 0 Å². The van der Waals surface area contributed by atoms with Crippen molar-refractivity contribution in [3.05, 3.63) is 0 Å². The molecule has 3 heteroatoms. The van der Waals surface area contributed by atoms with Crippen LogP contribution in [0.25, 0.3) is 0 Å². The first-order chi connectivity index (χ1) is 5.27. The highest BCUT2D eigenvalue weighted by Crippen LogP contribution is 2.22. The largest absolute Gasteiger partial charge is 0.461 e. The fraction of sp³-hybridized carbons (Fsp3) is 0.875. The lowest BCUT2D eigenvalue weighted by atomic mass is 10.0. The van der Waals surface area contributed by atoms with Gasteiger partial charge in [-0.15, -0.1) is 0 Å². The minimum Gasteiger partial charge on any atom is -0.461 e. The maximum atomic E-state index is 11.0. The summed E-state index contributed by atoms with van der Waals surface area (Å²) >= 11 is 0. The van der Waals surface area contributed by atoms with Gasteiger partial charge in [-0.3, -0.25) is 4.79 Å². The molecule has 2 atom stereocenters. The Hall–Kier alpha value is -0.570. The van der Waals surface area contributed by atoms with Gasteiger partial charge >= 0.3 is 5.97 Å². The molecule has 1 aliphatic heterocycles. The van der Waals surface area contributed by atoms with Crippen molar-refractivity contribution in [3.63, 3.8) is 0 Å². The summed E-state index contributed by atoms with van der Waals surface area (Å²) in [5.74, 6) is 0.126. The van der Waals surface area contributed by atoms with E-state index in [4.69, 9.17) is 4.74 Å². The number of hydrogen-bond donors (Lipinski definition) is 1. The van der Waals surface area contributed by atoms with E-state index in [0.29, 0.717) is 0 Å². The molecule has 1 aliphatic rings. The van der Waals surface area contributed by atoms with Gasteiger partial charge in [-0.05, 0) is 19.9 Å². The Morgan fingerprint density at radius 3 is 2.91 bits per heavy atom. The molecule has 0 amide bonds. The molecule has 0 aromatic carbocycles. The van der Waals surface area contributed by atoms with Gasteiger partial charge in [0.15, 0.2) is 0 Å². The number of hydrogen-bond acceptors (Lipinski definition) is 3. The SMILES string of the molecule is CCC1CC(CNC)OC1=O. The summed E-state index contributed by atoms with van der Waals surface area (Å²) in [4.78, 5) is 11.0. The van der Waals surface area contributed by atoms with Crippen LogP contribution in [0.1, 0.15) is 19.8 Å². The number of ether oxygens (including phenoxy) is 1. The van der Waals surface area contributed by atoms with Crippen LogP contribution in [0.5, 0.6) is 0 Å². The van der Waals surface area contributed by atoms with Crippen LogP contribution in [0.3, 0.4) is 0 Å². The lowest BCUT2D eigenvalue weighted by molar-refractivity contribution is -0.144. The second kappa shape index (κ2) is 3.72. The molecule has 0 saturated carbocycles. The van der Waals surface area contributed by atoms with Gasteiger partial charge in [-0.2, -0.15) is 0 Å². The lowest BCUT2D eigenvalue weighted by Gasteiger charge is -2.05. The lowest BCUT2D eigenvalue weighted by Crippen LogP contribution is -2.23. The van der Waals surface area contributed by atoms with Crippen LogP contribution in [0.2, 0.25) is 0 Å². The van der Waals surface area contributed by atoms with Crippen LogP contribution in [0.4, 0.5) is 0 Å². The summed E-state index contributed by atoms with van der Waals surface area (Å²) in [6.07, 6.45) is 1.90. The number of cyclic esters (lactones) is 1. The molecular formula is C8H15NO2. The van der Waals surface area contributed by atoms with E-state index >= 15 is 0 Å². The zero-order valence-corrected chi connectivity index (χ0v) is 7.09. The van der Waals surface area contributed by atoms with Crippen molar-refractivity contribution in [2.45, 2.75) is 25.9 Å². The third-order valence-electron chi connectivity index (χ3n) is 2.09. The molecule has 3 nitrogen and oxygen atoms in total. The Morgan fingerprint density at radius 1 is 1.73 bits per heavy atom. The van der Waals surface area contributed by atoms with Gasteiger partial charge in [0.05, 0.1) is 5.92 Å². The molecule has 1 rings (SSSR count). The molecular weight excluding hydrogens is 142 g/mol. The normalized spacial score (nSPS) is 30.5. The van der Waals surface area contributed by atoms with Gasteiger partial charge in [0.1, 0.15) is 6.10 Å². The number of esters is 1. The molecule has 2 unspecified atom stereocenters. The molecule has 1 fully saturated rings. The van der Waals surface area contributed by atoms with Crippen molar-refractivity contribution in [1.29, 1.82) is 0 Å². The average molecular weight is 157 g/mol. The molecule has 0 bridgehead atoms. The van der Waals surface area contributed by atoms with E-state index in [1.165, 1.54) is 0 Å². The standard InChI is InChI=1S/C8H15NO2/c1-3-6-4-7(5-9-2)11-8(6)10/h6-7,9H,3-5H2,1-2H3. The quantitative estimate of drug-likeness (QED) is 0.608. The summed E-state index contributed by atoms with van der Waals surface area (Å²) < 4.78 is 5.10. The van der Waals surface area contributed by atoms with Gasteiger partial charge < -0.3 is 10.1 Å². The van der Waals surface area contributed by atoms with Crippen molar-refractivity contribution >= 4 is 5.97 Å². The molecule has 0 aliphatic carbocycles. The number of carbonyl (C=O) groups excluding carboxylic acids is 1.